The zero-order valence-corrected chi connectivity index (χ0v) is 17.3. The number of carbonyl (C=O) groups is 2. The fourth-order valence-electron chi connectivity index (χ4n) is 2.70. The summed E-state index contributed by atoms with van der Waals surface area (Å²) in [5.74, 6) is -0.551. The Bertz CT molecular complexity index is 968. The summed E-state index contributed by atoms with van der Waals surface area (Å²) in [4.78, 5) is 25.7. The topological polar surface area (TPSA) is 127 Å². The molecule has 0 aromatic heterocycles. The quantitative estimate of drug-likeness (QED) is 0.491. The van der Waals surface area contributed by atoms with Gasteiger partial charge >= 0.3 is 0 Å². The Kier molecular flexibility index (Phi) is 7.61. The molecule has 0 bridgehead atoms. The van der Waals surface area contributed by atoms with Gasteiger partial charge in [-0.05, 0) is 25.1 Å². The molecular weight excluding hydrogens is 386 g/mol. The zero-order valence-electron chi connectivity index (χ0n) is 17.3. The van der Waals surface area contributed by atoms with Gasteiger partial charge in [0, 0.05) is 50.1 Å². The smallest absolute Gasteiger partial charge is 0.269 e. The number of hydrogen-bond donors (Lipinski definition) is 4. The second kappa shape index (κ2) is 10.1. The van der Waals surface area contributed by atoms with Crippen molar-refractivity contribution in [2.75, 3.05) is 30.9 Å². The lowest BCUT2D eigenvalue weighted by molar-refractivity contribution is -0.114. The molecule has 9 heteroatoms. The molecule has 9 nitrogen and oxygen atoms in total. The number of nitrogens with zero attached hydrogens (tertiary/aromatic N) is 2. The molecule has 2 aromatic rings. The second-order valence-electron chi connectivity index (χ2n) is 6.62. The van der Waals surface area contributed by atoms with E-state index < -0.39 is 11.9 Å². The van der Waals surface area contributed by atoms with Gasteiger partial charge in [0.15, 0.2) is 0 Å². The summed E-state index contributed by atoms with van der Waals surface area (Å²) < 4.78 is 5.50. The van der Waals surface area contributed by atoms with Crippen molar-refractivity contribution in [2.45, 2.75) is 19.9 Å². The molecule has 0 spiro atoms. The molecule has 0 fully saturated rings. The molecule has 1 atom stereocenters. The van der Waals surface area contributed by atoms with Gasteiger partial charge in [-0.25, -0.2) is 5.43 Å². The Labute approximate surface area is 175 Å². The number of anilines is 2. The van der Waals surface area contributed by atoms with Gasteiger partial charge in [-0.1, -0.05) is 6.07 Å². The number of benzene rings is 2. The van der Waals surface area contributed by atoms with Crippen LogP contribution < -0.4 is 25.8 Å². The van der Waals surface area contributed by atoms with Crippen molar-refractivity contribution in [1.29, 1.82) is 5.26 Å². The van der Waals surface area contributed by atoms with Crippen LogP contribution in [0.5, 0.6) is 11.5 Å². The average Bonchev–Trinajstić information content (AvgIpc) is 2.69. The lowest BCUT2D eigenvalue weighted by Crippen LogP contribution is -2.39. The van der Waals surface area contributed by atoms with Crippen molar-refractivity contribution in [3.05, 3.63) is 47.5 Å². The molecule has 0 heterocycles. The van der Waals surface area contributed by atoms with E-state index in [2.05, 4.69) is 16.2 Å². The second-order valence-corrected chi connectivity index (χ2v) is 6.62. The van der Waals surface area contributed by atoms with E-state index in [0.717, 1.165) is 5.69 Å². The van der Waals surface area contributed by atoms with E-state index in [1.807, 2.05) is 25.1 Å². The van der Waals surface area contributed by atoms with Gasteiger partial charge in [0.1, 0.15) is 17.5 Å². The van der Waals surface area contributed by atoms with Gasteiger partial charge in [0.05, 0.1) is 18.2 Å². The van der Waals surface area contributed by atoms with Crippen molar-refractivity contribution in [3.63, 3.8) is 0 Å². The summed E-state index contributed by atoms with van der Waals surface area (Å²) in [5, 5.41) is 22.4. The molecular formula is C21H25N5O4. The number of rotatable bonds is 8. The first-order valence-electron chi connectivity index (χ1n) is 9.27. The van der Waals surface area contributed by atoms with E-state index in [-0.39, 0.29) is 23.0 Å². The molecule has 0 aliphatic carbocycles. The maximum atomic E-state index is 12.6. The Balaban J connectivity index is 2.17. The highest BCUT2D eigenvalue weighted by Gasteiger charge is 2.19. The number of amides is 2. The van der Waals surface area contributed by atoms with E-state index in [1.165, 1.54) is 19.1 Å². The van der Waals surface area contributed by atoms with Crippen LogP contribution in [0.15, 0.2) is 36.4 Å². The van der Waals surface area contributed by atoms with Gasteiger partial charge in [-0.3, -0.25) is 15.0 Å². The first-order valence-corrected chi connectivity index (χ1v) is 9.27. The number of carbonyl (C=O) groups excluding carboxylic acids is 2. The van der Waals surface area contributed by atoms with Crippen molar-refractivity contribution >= 4 is 23.2 Å². The molecule has 158 valence electrons. The Morgan fingerprint density at radius 3 is 2.53 bits per heavy atom. The van der Waals surface area contributed by atoms with E-state index in [4.69, 9.17) is 4.74 Å². The van der Waals surface area contributed by atoms with Crippen LogP contribution in [0.25, 0.3) is 0 Å². The SMILES string of the molecule is CCOc1cc(NC(C)=O)ccc1C(=O)NN[C@H](C#N)c1ccc(N(C)C)cc1O. The molecule has 2 rings (SSSR count). The zero-order chi connectivity index (χ0) is 22.3. The predicted octanol–water partition coefficient (Wildman–Crippen LogP) is 2.31. The molecule has 0 saturated heterocycles. The van der Waals surface area contributed by atoms with E-state index in [1.54, 1.807) is 31.2 Å². The highest BCUT2D eigenvalue weighted by molar-refractivity contribution is 5.98. The molecule has 0 saturated carbocycles. The third-order valence-corrected chi connectivity index (χ3v) is 4.15. The number of nitriles is 1. The lowest BCUT2D eigenvalue weighted by Gasteiger charge is -2.18. The van der Waals surface area contributed by atoms with Crippen molar-refractivity contribution in [1.82, 2.24) is 10.9 Å². The van der Waals surface area contributed by atoms with Gasteiger partial charge in [-0.2, -0.15) is 5.26 Å². The normalized spacial score (nSPS) is 11.2. The summed E-state index contributed by atoms with van der Waals surface area (Å²) >= 11 is 0. The minimum absolute atomic E-state index is 0.0656. The lowest BCUT2D eigenvalue weighted by atomic mass is 10.1. The monoisotopic (exact) mass is 411 g/mol. The number of hydrazine groups is 1. The van der Waals surface area contributed by atoms with Crippen LogP contribution in [0.2, 0.25) is 0 Å². The summed E-state index contributed by atoms with van der Waals surface area (Å²) in [5.41, 5.74) is 6.93. The Hall–Kier alpha value is -3.77. The van der Waals surface area contributed by atoms with Gasteiger partial charge in [-0.15, -0.1) is 0 Å². The minimum atomic E-state index is -0.973. The minimum Gasteiger partial charge on any atom is -0.507 e. The average molecular weight is 411 g/mol. The van der Waals surface area contributed by atoms with Crippen LogP contribution in [-0.4, -0.2) is 37.6 Å². The largest absolute Gasteiger partial charge is 0.507 e. The van der Waals surface area contributed by atoms with Crippen molar-refractivity contribution in [3.8, 4) is 17.6 Å². The summed E-state index contributed by atoms with van der Waals surface area (Å²) in [6, 6.07) is 10.6. The summed E-state index contributed by atoms with van der Waals surface area (Å²) in [6.45, 7) is 3.48. The molecule has 4 N–H and O–H groups in total. The standard InChI is InChI=1S/C21H25N5O4/c1-5-30-20-10-14(23-13(2)27)6-8-17(20)21(29)25-24-18(12-22)16-9-7-15(26(3)4)11-19(16)28/h6-11,18,24,28H,5H2,1-4H3,(H,23,27)(H,25,29)/t18-/m1/s1. The molecule has 0 unspecified atom stereocenters. The Morgan fingerprint density at radius 2 is 1.97 bits per heavy atom. The number of nitrogens with one attached hydrogen (secondary N) is 3. The number of phenols is 1. The van der Waals surface area contributed by atoms with Gasteiger partial charge in [0.25, 0.3) is 5.91 Å². The Morgan fingerprint density at radius 1 is 1.23 bits per heavy atom. The van der Waals surface area contributed by atoms with Gasteiger partial charge in [0.2, 0.25) is 5.91 Å². The maximum Gasteiger partial charge on any atom is 0.269 e. The highest BCUT2D eigenvalue weighted by Crippen LogP contribution is 2.28. The third kappa shape index (κ3) is 5.62. The van der Waals surface area contributed by atoms with Crippen molar-refractivity contribution < 1.29 is 19.4 Å². The molecule has 30 heavy (non-hydrogen) atoms. The number of phenolic OH excluding ortho intramolecular Hbond substituents is 1. The van der Waals surface area contributed by atoms with E-state index in [0.29, 0.717) is 17.9 Å². The summed E-state index contributed by atoms with van der Waals surface area (Å²) in [7, 11) is 3.67. The molecule has 0 aliphatic rings. The van der Waals surface area contributed by atoms with Crippen LogP contribution in [0.1, 0.15) is 35.8 Å². The molecule has 0 radical (unpaired) electrons. The first kappa shape index (κ1) is 22.5. The van der Waals surface area contributed by atoms with E-state index in [9.17, 15) is 20.0 Å². The molecule has 0 aliphatic heterocycles. The molecule has 2 aromatic carbocycles. The van der Waals surface area contributed by atoms with Crippen molar-refractivity contribution in [2.24, 2.45) is 0 Å². The number of hydrogen-bond acceptors (Lipinski definition) is 7. The molecule has 2 amide bonds. The fraction of sp³-hybridized carbons (Fsp3) is 0.286. The highest BCUT2D eigenvalue weighted by atomic mass is 16.5. The number of aromatic hydroxyl groups is 1. The van der Waals surface area contributed by atoms with Gasteiger partial charge < -0.3 is 20.1 Å². The van der Waals surface area contributed by atoms with Crippen LogP contribution in [0.4, 0.5) is 11.4 Å². The first-order chi connectivity index (χ1) is 14.3. The van der Waals surface area contributed by atoms with Crippen LogP contribution >= 0.6 is 0 Å². The van der Waals surface area contributed by atoms with Crippen LogP contribution in [0, 0.1) is 11.3 Å². The van der Waals surface area contributed by atoms with Crippen LogP contribution in [0.3, 0.4) is 0 Å². The maximum absolute atomic E-state index is 12.6. The third-order valence-electron chi connectivity index (χ3n) is 4.15. The summed E-state index contributed by atoms with van der Waals surface area (Å²) in [6.07, 6.45) is 0. The predicted molar refractivity (Wildman–Crippen MR) is 113 cm³/mol. The van der Waals surface area contributed by atoms with E-state index >= 15 is 0 Å². The fourth-order valence-corrected chi connectivity index (χ4v) is 2.70. The number of ether oxygens (including phenoxy) is 1. The van der Waals surface area contributed by atoms with Crippen LogP contribution in [-0.2, 0) is 4.79 Å².